The van der Waals surface area contributed by atoms with Crippen LogP contribution in [-0.4, -0.2) is 22.0 Å². The van der Waals surface area contributed by atoms with Gasteiger partial charge in [0, 0.05) is 23.6 Å². The predicted octanol–water partition coefficient (Wildman–Crippen LogP) is 2.80. The van der Waals surface area contributed by atoms with E-state index in [0.717, 1.165) is 16.5 Å². The molecule has 0 fully saturated rings. The van der Waals surface area contributed by atoms with Gasteiger partial charge in [0.25, 0.3) is 5.91 Å². The molecule has 0 aliphatic rings. The summed E-state index contributed by atoms with van der Waals surface area (Å²) < 4.78 is 0. The van der Waals surface area contributed by atoms with Crippen LogP contribution in [0, 0.1) is 0 Å². The molecule has 110 valence electrons. The average Bonchev–Trinajstić information content (AvgIpc) is 2.97. The summed E-state index contributed by atoms with van der Waals surface area (Å²) in [5, 5.41) is 12.6. The lowest BCUT2D eigenvalue weighted by Gasteiger charge is -2.05. The van der Waals surface area contributed by atoms with Gasteiger partial charge in [-0.15, -0.1) is 0 Å². The summed E-state index contributed by atoms with van der Waals surface area (Å²) in [5.74, 6) is -1.13. The molecule has 0 aliphatic carbocycles. The number of aromatic carboxylic acids is 1. The number of carbonyl (C=O) groups excluding carboxylic acids is 1. The number of carboxylic acid groups (broad SMARTS) is 1. The van der Waals surface area contributed by atoms with Gasteiger partial charge in [0.1, 0.15) is 0 Å². The molecule has 0 saturated heterocycles. The minimum atomic E-state index is -0.964. The SMILES string of the molecule is O=C(O)c1ccc(CNC(=O)c2c[nH]c3ccccc23)cc1. The van der Waals surface area contributed by atoms with Gasteiger partial charge in [0.15, 0.2) is 0 Å². The Morgan fingerprint density at radius 3 is 2.50 bits per heavy atom. The third kappa shape index (κ3) is 2.69. The van der Waals surface area contributed by atoms with E-state index in [-0.39, 0.29) is 11.5 Å². The zero-order valence-corrected chi connectivity index (χ0v) is 11.7. The normalized spacial score (nSPS) is 10.5. The van der Waals surface area contributed by atoms with Crippen LogP contribution < -0.4 is 5.32 Å². The van der Waals surface area contributed by atoms with Crippen molar-refractivity contribution < 1.29 is 14.7 Å². The second-order valence-corrected chi connectivity index (χ2v) is 4.93. The van der Waals surface area contributed by atoms with Crippen molar-refractivity contribution in [1.82, 2.24) is 10.3 Å². The highest BCUT2D eigenvalue weighted by Crippen LogP contribution is 2.17. The molecule has 3 N–H and O–H groups in total. The van der Waals surface area contributed by atoms with Crippen LogP contribution in [0.15, 0.2) is 54.7 Å². The first-order chi connectivity index (χ1) is 10.6. The van der Waals surface area contributed by atoms with E-state index in [1.54, 1.807) is 18.3 Å². The molecular formula is C17H14N2O3. The van der Waals surface area contributed by atoms with Crippen LogP contribution in [0.4, 0.5) is 0 Å². The first-order valence-corrected chi connectivity index (χ1v) is 6.82. The molecule has 0 spiro atoms. The van der Waals surface area contributed by atoms with Gasteiger partial charge < -0.3 is 15.4 Å². The summed E-state index contributed by atoms with van der Waals surface area (Å²) >= 11 is 0. The molecule has 5 heteroatoms. The molecule has 1 amide bonds. The molecule has 5 nitrogen and oxygen atoms in total. The van der Waals surface area contributed by atoms with Crippen molar-refractivity contribution in [3.05, 3.63) is 71.4 Å². The maximum absolute atomic E-state index is 12.2. The smallest absolute Gasteiger partial charge is 0.335 e. The number of benzene rings is 2. The number of H-pyrrole nitrogens is 1. The van der Waals surface area contributed by atoms with Gasteiger partial charge in [-0.2, -0.15) is 0 Å². The van der Waals surface area contributed by atoms with Crippen molar-refractivity contribution >= 4 is 22.8 Å². The fraction of sp³-hybridized carbons (Fsp3) is 0.0588. The fourth-order valence-corrected chi connectivity index (χ4v) is 2.30. The molecular weight excluding hydrogens is 280 g/mol. The van der Waals surface area contributed by atoms with E-state index >= 15 is 0 Å². The minimum Gasteiger partial charge on any atom is -0.478 e. The van der Waals surface area contributed by atoms with Gasteiger partial charge in [0.2, 0.25) is 0 Å². The van der Waals surface area contributed by atoms with E-state index in [9.17, 15) is 9.59 Å². The van der Waals surface area contributed by atoms with Crippen molar-refractivity contribution in [3.63, 3.8) is 0 Å². The Hall–Kier alpha value is -3.08. The number of nitrogens with one attached hydrogen (secondary N) is 2. The van der Waals surface area contributed by atoms with Crippen LogP contribution in [-0.2, 0) is 6.54 Å². The summed E-state index contributed by atoms with van der Waals surface area (Å²) in [7, 11) is 0. The Kier molecular flexibility index (Phi) is 3.62. The molecule has 0 atom stereocenters. The molecule has 0 saturated carbocycles. The molecule has 1 heterocycles. The van der Waals surface area contributed by atoms with Gasteiger partial charge in [0.05, 0.1) is 11.1 Å². The molecule has 0 unspecified atom stereocenters. The first-order valence-electron chi connectivity index (χ1n) is 6.82. The molecule has 0 bridgehead atoms. The second-order valence-electron chi connectivity index (χ2n) is 4.93. The molecule has 2 aromatic carbocycles. The van der Waals surface area contributed by atoms with Crippen LogP contribution in [0.3, 0.4) is 0 Å². The van der Waals surface area contributed by atoms with Crippen LogP contribution in [0.2, 0.25) is 0 Å². The van der Waals surface area contributed by atoms with E-state index in [1.165, 1.54) is 12.1 Å². The lowest BCUT2D eigenvalue weighted by molar-refractivity contribution is 0.0696. The number of hydrogen-bond donors (Lipinski definition) is 3. The van der Waals surface area contributed by atoms with E-state index in [0.29, 0.717) is 12.1 Å². The number of carboxylic acids is 1. The number of aromatic amines is 1. The van der Waals surface area contributed by atoms with Crippen molar-refractivity contribution in [2.24, 2.45) is 0 Å². The highest BCUT2D eigenvalue weighted by atomic mass is 16.4. The number of aromatic nitrogens is 1. The predicted molar refractivity (Wildman–Crippen MR) is 82.9 cm³/mol. The third-order valence-electron chi connectivity index (χ3n) is 3.49. The Balaban J connectivity index is 1.71. The lowest BCUT2D eigenvalue weighted by atomic mass is 10.1. The molecule has 0 radical (unpaired) electrons. The Bertz CT molecular complexity index is 834. The standard InChI is InChI=1S/C17H14N2O3/c20-16(14-10-18-15-4-2-1-3-13(14)15)19-9-11-5-7-12(8-6-11)17(21)22/h1-8,10,18H,9H2,(H,19,20)(H,21,22). The number of rotatable bonds is 4. The highest BCUT2D eigenvalue weighted by Gasteiger charge is 2.11. The van der Waals surface area contributed by atoms with Crippen LogP contribution in [0.25, 0.3) is 10.9 Å². The number of amides is 1. The number of para-hydroxylation sites is 1. The number of fused-ring (bicyclic) bond motifs is 1. The molecule has 0 aliphatic heterocycles. The van der Waals surface area contributed by atoms with Crippen molar-refractivity contribution in [2.75, 3.05) is 0 Å². The summed E-state index contributed by atoms with van der Waals surface area (Å²) in [6, 6.07) is 14.0. The van der Waals surface area contributed by atoms with Crippen molar-refractivity contribution in [2.45, 2.75) is 6.54 Å². The van der Waals surface area contributed by atoms with Gasteiger partial charge in [-0.1, -0.05) is 30.3 Å². The summed E-state index contributed by atoms with van der Waals surface area (Å²) in [4.78, 5) is 26.1. The summed E-state index contributed by atoms with van der Waals surface area (Å²) in [6.45, 7) is 0.345. The quantitative estimate of drug-likeness (QED) is 0.692. The maximum atomic E-state index is 12.2. The fourth-order valence-electron chi connectivity index (χ4n) is 2.30. The zero-order chi connectivity index (χ0) is 15.5. The lowest BCUT2D eigenvalue weighted by Crippen LogP contribution is -2.22. The summed E-state index contributed by atoms with van der Waals surface area (Å²) in [5.41, 5.74) is 2.58. The van der Waals surface area contributed by atoms with Gasteiger partial charge in [-0.25, -0.2) is 4.79 Å². The monoisotopic (exact) mass is 294 g/mol. The summed E-state index contributed by atoms with van der Waals surface area (Å²) in [6.07, 6.45) is 1.69. The zero-order valence-electron chi connectivity index (χ0n) is 11.7. The average molecular weight is 294 g/mol. The molecule has 3 aromatic rings. The molecule has 3 rings (SSSR count). The van der Waals surface area contributed by atoms with Crippen LogP contribution in [0.5, 0.6) is 0 Å². The minimum absolute atomic E-state index is 0.167. The number of hydrogen-bond acceptors (Lipinski definition) is 2. The van der Waals surface area contributed by atoms with Crippen LogP contribution in [0.1, 0.15) is 26.3 Å². The second kappa shape index (κ2) is 5.73. The van der Waals surface area contributed by atoms with E-state index < -0.39 is 5.97 Å². The maximum Gasteiger partial charge on any atom is 0.335 e. The highest BCUT2D eigenvalue weighted by molar-refractivity contribution is 6.06. The van der Waals surface area contributed by atoms with E-state index in [4.69, 9.17) is 5.11 Å². The Morgan fingerprint density at radius 2 is 1.77 bits per heavy atom. The Morgan fingerprint density at radius 1 is 1.05 bits per heavy atom. The number of carbonyl (C=O) groups is 2. The molecule has 22 heavy (non-hydrogen) atoms. The topological polar surface area (TPSA) is 82.2 Å². The van der Waals surface area contributed by atoms with Crippen molar-refractivity contribution in [3.8, 4) is 0 Å². The van der Waals surface area contributed by atoms with Gasteiger partial charge in [-0.05, 0) is 23.8 Å². The van der Waals surface area contributed by atoms with E-state index in [1.807, 2.05) is 24.3 Å². The van der Waals surface area contributed by atoms with E-state index in [2.05, 4.69) is 10.3 Å². The molecule has 1 aromatic heterocycles. The van der Waals surface area contributed by atoms with Crippen LogP contribution >= 0.6 is 0 Å². The van der Waals surface area contributed by atoms with Gasteiger partial charge in [-0.3, -0.25) is 4.79 Å². The largest absolute Gasteiger partial charge is 0.478 e. The third-order valence-corrected chi connectivity index (χ3v) is 3.49. The van der Waals surface area contributed by atoms with Crippen molar-refractivity contribution in [1.29, 1.82) is 0 Å². The first kappa shape index (κ1) is 13.9. The Labute approximate surface area is 126 Å². The van der Waals surface area contributed by atoms with Gasteiger partial charge >= 0.3 is 5.97 Å².